The molecule has 22 heavy (non-hydrogen) atoms. The van der Waals surface area contributed by atoms with E-state index >= 15 is 0 Å². The number of aryl methyl sites for hydroxylation is 1. The van der Waals surface area contributed by atoms with E-state index in [0.717, 1.165) is 12.8 Å². The summed E-state index contributed by atoms with van der Waals surface area (Å²) < 4.78 is 38.2. The van der Waals surface area contributed by atoms with Gasteiger partial charge in [-0.3, -0.25) is 0 Å². The highest BCUT2D eigenvalue weighted by molar-refractivity contribution is 7.89. The second kappa shape index (κ2) is 6.28. The minimum absolute atomic E-state index is 0.372. The molecule has 1 aromatic rings. The molecule has 1 aromatic carbocycles. The standard InChI is InChI=1S/C16H23NO4S/c1-2-3-14-4-6-15(7-5-14)22(18,19)17-10-8-16(9-11-17)20-12-13-21-16/h4-7H,2-3,8-13H2,1H3. The van der Waals surface area contributed by atoms with Crippen molar-refractivity contribution in [1.82, 2.24) is 4.31 Å². The third-order valence-electron chi connectivity index (χ3n) is 4.40. The van der Waals surface area contributed by atoms with Crippen molar-refractivity contribution in [3.05, 3.63) is 29.8 Å². The maximum atomic E-state index is 12.7. The molecule has 3 rings (SSSR count). The second-order valence-corrected chi connectivity index (χ2v) is 7.84. The molecule has 0 bridgehead atoms. The monoisotopic (exact) mass is 325 g/mol. The zero-order valence-corrected chi connectivity index (χ0v) is 13.8. The van der Waals surface area contributed by atoms with Gasteiger partial charge in [-0.1, -0.05) is 25.5 Å². The van der Waals surface area contributed by atoms with Crippen LogP contribution >= 0.6 is 0 Å². The van der Waals surface area contributed by atoms with Gasteiger partial charge in [0.2, 0.25) is 10.0 Å². The molecule has 5 nitrogen and oxygen atoms in total. The summed E-state index contributed by atoms with van der Waals surface area (Å²) in [5.41, 5.74) is 1.17. The first kappa shape index (κ1) is 15.9. The summed E-state index contributed by atoms with van der Waals surface area (Å²) in [5.74, 6) is -0.545. The van der Waals surface area contributed by atoms with Gasteiger partial charge >= 0.3 is 0 Å². The van der Waals surface area contributed by atoms with Gasteiger partial charge in [0, 0.05) is 25.9 Å². The molecule has 2 aliphatic heterocycles. The van der Waals surface area contributed by atoms with E-state index in [-0.39, 0.29) is 0 Å². The summed E-state index contributed by atoms with van der Waals surface area (Å²) in [5, 5.41) is 0. The van der Waals surface area contributed by atoms with Gasteiger partial charge in [-0.05, 0) is 24.1 Å². The molecule has 0 amide bonds. The van der Waals surface area contributed by atoms with Gasteiger partial charge in [0.25, 0.3) is 0 Å². The molecule has 0 aromatic heterocycles. The molecule has 0 saturated carbocycles. The molecule has 0 atom stereocenters. The van der Waals surface area contributed by atoms with Gasteiger partial charge in [0.1, 0.15) is 0 Å². The van der Waals surface area contributed by atoms with Crippen molar-refractivity contribution in [1.29, 1.82) is 0 Å². The lowest BCUT2D eigenvalue weighted by Crippen LogP contribution is -2.47. The van der Waals surface area contributed by atoms with Crippen LogP contribution in [0.5, 0.6) is 0 Å². The van der Waals surface area contributed by atoms with E-state index < -0.39 is 15.8 Å². The van der Waals surface area contributed by atoms with Crippen LogP contribution in [0, 0.1) is 0 Å². The molecule has 122 valence electrons. The minimum atomic E-state index is -3.42. The maximum Gasteiger partial charge on any atom is 0.243 e. The first-order valence-corrected chi connectivity index (χ1v) is 9.37. The third-order valence-corrected chi connectivity index (χ3v) is 6.31. The number of hydrogen-bond donors (Lipinski definition) is 0. The Morgan fingerprint density at radius 1 is 1.09 bits per heavy atom. The number of hydrogen-bond acceptors (Lipinski definition) is 4. The van der Waals surface area contributed by atoms with Crippen molar-refractivity contribution < 1.29 is 17.9 Å². The van der Waals surface area contributed by atoms with E-state index in [1.165, 1.54) is 9.87 Å². The van der Waals surface area contributed by atoms with Crippen LogP contribution in [-0.4, -0.2) is 44.8 Å². The second-order valence-electron chi connectivity index (χ2n) is 5.91. The van der Waals surface area contributed by atoms with E-state index in [4.69, 9.17) is 9.47 Å². The smallest absolute Gasteiger partial charge is 0.243 e. The van der Waals surface area contributed by atoms with Crippen molar-refractivity contribution in [2.24, 2.45) is 0 Å². The Bertz CT molecular complexity index is 596. The highest BCUT2D eigenvalue weighted by Crippen LogP contribution is 2.33. The fraction of sp³-hybridized carbons (Fsp3) is 0.625. The summed E-state index contributed by atoms with van der Waals surface area (Å²) in [6, 6.07) is 7.25. The minimum Gasteiger partial charge on any atom is -0.347 e. The summed E-state index contributed by atoms with van der Waals surface area (Å²) >= 11 is 0. The molecule has 6 heteroatoms. The maximum absolute atomic E-state index is 12.7. The third kappa shape index (κ3) is 3.06. The number of sulfonamides is 1. The molecular weight excluding hydrogens is 302 g/mol. The summed E-state index contributed by atoms with van der Waals surface area (Å²) in [6.07, 6.45) is 3.22. The lowest BCUT2D eigenvalue weighted by Gasteiger charge is -2.36. The predicted molar refractivity (Wildman–Crippen MR) is 83.1 cm³/mol. The largest absolute Gasteiger partial charge is 0.347 e. The predicted octanol–water partition coefficient (Wildman–Crippen LogP) is 2.17. The molecule has 2 aliphatic rings. The van der Waals surface area contributed by atoms with Crippen LogP contribution in [0.2, 0.25) is 0 Å². The molecule has 1 spiro atoms. The highest BCUT2D eigenvalue weighted by atomic mass is 32.2. The first-order valence-electron chi connectivity index (χ1n) is 7.93. The first-order chi connectivity index (χ1) is 10.6. The van der Waals surface area contributed by atoms with Crippen molar-refractivity contribution >= 4 is 10.0 Å². The van der Waals surface area contributed by atoms with Crippen LogP contribution in [0.25, 0.3) is 0 Å². The zero-order chi connectivity index (χ0) is 15.6. The molecular formula is C16H23NO4S. The van der Waals surface area contributed by atoms with Crippen LogP contribution in [0.3, 0.4) is 0 Å². The number of ether oxygens (including phenoxy) is 2. The van der Waals surface area contributed by atoms with Gasteiger partial charge in [-0.15, -0.1) is 0 Å². The molecule has 0 unspecified atom stereocenters. The van der Waals surface area contributed by atoms with Gasteiger partial charge in [-0.2, -0.15) is 4.31 Å². The number of piperidine rings is 1. The Hall–Kier alpha value is -0.950. The summed E-state index contributed by atoms with van der Waals surface area (Å²) in [7, 11) is -3.42. The normalized spacial score (nSPS) is 22.2. The van der Waals surface area contributed by atoms with E-state index in [9.17, 15) is 8.42 Å². The lowest BCUT2D eigenvalue weighted by molar-refractivity contribution is -0.179. The number of rotatable bonds is 4. The van der Waals surface area contributed by atoms with E-state index in [1.54, 1.807) is 12.1 Å². The van der Waals surface area contributed by atoms with Gasteiger partial charge in [-0.25, -0.2) is 8.42 Å². The Morgan fingerprint density at radius 3 is 2.23 bits per heavy atom. The van der Waals surface area contributed by atoms with Gasteiger partial charge in [0.05, 0.1) is 18.1 Å². The average Bonchev–Trinajstić information content (AvgIpc) is 2.97. The number of nitrogens with zero attached hydrogens (tertiary/aromatic N) is 1. The molecule has 2 heterocycles. The topological polar surface area (TPSA) is 55.8 Å². The lowest BCUT2D eigenvalue weighted by atomic mass is 10.1. The molecule has 0 N–H and O–H groups in total. The Balaban J connectivity index is 1.70. The molecule has 0 aliphatic carbocycles. The Morgan fingerprint density at radius 2 is 1.68 bits per heavy atom. The SMILES string of the molecule is CCCc1ccc(S(=O)(=O)N2CCC3(CC2)OCCO3)cc1. The number of benzene rings is 1. The summed E-state index contributed by atoms with van der Waals surface area (Å²) in [4.78, 5) is 0.372. The van der Waals surface area contributed by atoms with Crippen LogP contribution in [0.4, 0.5) is 0 Å². The van der Waals surface area contributed by atoms with Crippen LogP contribution in [-0.2, 0) is 25.9 Å². The van der Waals surface area contributed by atoms with E-state index in [0.29, 0.717) is 44.0 Å². The fourth-order valence-electron chi connectivity index (χ4n) is 3.12. The highest BCUT2D eigenvalue weighted by Gasteiger charge is 2.42. The fourth-order valence-corrected chi connectivity index (χ4v) is 4.56. The van der Waals surface area contributed by atoms with E-state index in [1.807, 2.05) is 12.1 Å². The van der Waals surface area contributed by atoms with Crippen LogP contribution in [0.1, 0.15) is 31.7 Å². The molecule has 0 radical (unpaired) electrons. The van der Waals surface area contributed by atoms with Gasteiger partial charge < -0.3 is 9.47 Å². The van der Waals surface area contributed by atoms with Crippen LogP contribution < -0.4 is 0 Å². The van der Waals surface area contributed by atoms with E-state index in [2.05, 4.69) is 6.92 Å². The van der Waals surface area contributed by atoms with Crippen molar-refractivity contribution in [2.75, 3.05) is 26.3 Å². The van der Waals surface area contributed by atoms with Gasteiger partial charge in [0.15, 0.2) is 5.79 Å². The van der Waals surface area contributed by atoms with Crippen molar-refractivity contribution in [3.8, 4) is 0 Å². The van der Waals surface area contributed by atoms with Crippen molar-refractivity contribution in [3.63, 3.8) is 0 Å². The van der Waals surface area contributed by atoms with Crippen LogP contribution in [0.15, 0.2) is 29.2 Å². The Labute approximate surface area is 132 Å². The zero-order valence-electron chi connectivity index (χ0n) is 13.0. The quantitative estimate of drug-likeness (QED) is 0.851. The molecule has 2 fully saturated rings. The Kier molecular flexibility index (Phi) is 4.54. The van der Waals surface area contributed by atoms with Crippen molar-refractivity contribution in [2.45, 2.75) is 43.3 Å². The average molecular weight is 325 g/mol. The molecule has 2 saturated heterocycles. The summed E-state index contributed by atoms with van der Waals surface area (Å²) in [6.45, 7) is 4.21.